The van der Waals surface area contributed by atoms with Gasteiger partial charge in [0.1, 0.15) is 0 Å². The van der Waals surface area contributed by atoms with Gasteiger partial charge in [-0.3, -0.25) is 0 Å². The number of methoxy groups -OCH3 is 1. The van der Waals surface area contributed by atoms with Gasteiger partial charge in [-0.25, -0.2) is 0 Å². The molecule has 1 nitrogen and oxygen atoms in total. The molecule has 0 aliphatic heterocycles. The van der Waals surface area contributed by atoms with E-state index in [0.717, 1.165) is 11.8 Å². The van der Waals surface area contributed by atoms with Crippen LogP contribution >= 0.6 is 0 Å². The van der Waals surface area contributed by atoms with Gasteiger partial charge in [0.05, 0.1) is 5.60 Å². The molecule has 0 heterocycles. The highest BCUT2D eigenvalue weighted by Crippen LogP contribution is 2.62. The van der Waals surface area contributed by atoms with Gasteiger partial charge in [-0.1, -0.05) is 13.8 Å². The van der Waals surface area contributed by atoms with Gasteiger partial charge in [0.25, 0.3) is 0 Å². The molecule has 2 fully saturated rings. The van der Waals surface area contributed by atoms with Crippen LogP contribution in [0.3, 0.4) is 0 Å². The fourth-order valence-electron chi connectivity index (χ4n) is 3.50. The van der Waals surface area contributed by atoms with Crippen LogP contribution in [-0.2, 0) is 4.74 Å². The maximum atomic E-state index is 5.75. The summed E-state index contributed by atoms with van der Waals surface area (Å²) in [5.74, 6) is 1.73. The quantitative estimate of drug-likeness (QED) is 0.585. The molecule has 2 rings (SSSR count). The molecular formula is C11H20O. The lowest BCUT2D eigenvalue weighted by atomic mass is 9.66. The van der Waals surface area contributed by atoms with Crippen molar-refractivity contribution in [3.8, 4) is 0 Å². The summed E-state index contributed by atoms with van der Waals surface area (Å²) in [6, 6.07) is 0. The SMILES string of the molecule is CO[C@@]1(C)[C@@H]2CC[C@@H](C2)C1(C)C. The maximum absolute atomic E-state index is 5.75. The largest absolute Gasteiger partial charge is 0.378 e. The van der Waals surface area contributed by atoms with Crippen LogP contribution in [0.15, 0.2) is 0 Å². The lowest BCUT2D eigenvalue weighted by Crippen LogP contribution is -2.48. The molecule has 0 N–H and O–H groups in total. The molecule has 2 aliphatic carbocycles. The lowest BCUT2D eigenvalue weighted by molar-refractivity contribution is -0.119. The van der Waals surface area contributed by atoms with Crippen LogP contribution < -0.4 is 0 Å². The molecular weight excluding hydrogens is 148 g/mol. The number of hydrogen-bond acceptors (Lipinski definition) is 1. The minimum absolute atomic E-state index is 0.149. The Morgan fingerprint density at radius 3 is 2.00 bits per heavy atom. The molecule has 0 aromatic heterocycles. The van der Waals surface area contributed by atoms with Gasteiger partial charge in [-0.15, -0.1) is 0 Å². The molecule has 2 bridgehead atoms. The fourth-order valence-corrected chi connectivity index (χ4v) is 3.50. The van der Waals surface area contributed by atoms with Gasteiger partial charge < -0.3 is 4.74 Å². The third-order valence-corrected chi connectivity index (χ3v) is 4.94. The Kier molecular flexibility index (Phi) is 1.61. The summed E-state index contributed by atoms with van der Waals surface area (Å²) < 4.78 is 5.75. The highest BCUT2D eigenvalue weighted by molar-refractivity contribution is 5.10. The summed E-state index contributed by atoms with van der Waals surface area (Å²) in [5, 5.41) is 0. The molecule has 3 atom stereocenters. The molecule has 2 saturated carbocycles. The topological polar surface area (TPSA) is 9.23 Å². The molecule has 0 unspecified atom stereocenters. The first-order valence-corrected chi connectivity index (χ1v) is 5.07. The minimum atomic E-state index is 0.149. The minimum Gasteiger partial charge on any atom is -0.378 e. The molecule has 0 radical (unpaired) electrons. The van der Waals surface area contributed by atoms with Crippen molar-refractivity contribution in [3.63, 3.8) is 0 Å². The summed E-state index contributed by atoms with van der Waals surface area (Å²) in [5.41, 5.74) is 0.542. The average Bonchev–Trinajstić information content (AvgIpc) is 2.55. The highest BCUT2D eigenvalue weighted by atomic mass is 16.5. The monoisotopic (exact) mass is 168 g/mol. The number of hydrogen-bond donors (Lipinski definition) is 0. The average molecular weight is 168 g/mol. The first-order chi connectivity index (χ1) is 5.52. The van der Waals surface area contributed by atoms with Gasteiger partial charge in [0.15, 0.2) is 0 Å². The number of rotatable bonds is 1. The van der Waals surface area contributed by atoms with Crippen molar-refractivity contribution < 1.29 is 4.74 Å². The van der Waals surface area contributed by atoms with Gasteiger partial charge >= 0.3 is 0 Å². The zero-order valence-electron chi connectivity index (χ0n) is 8.68. The zero-order valence-corrected chi connectivity index (χ0v) is 8.68. The molecule has 0 amide bonds. The van der Waals surface area contributed by atoms with E-state index in [2.05, 4.69) is 20.8 Å². The second-order valence-electron chi connectivity index (χ2n) is 5.24. The van der Waals surface area contributed by atoms with Gasteiger partial charge in [-0.05, 0) is 43.4 Å². The summed E-state index contributed by atoms with van der Waals surface area (Å²) in [4.78, 5) is 0. The lowest BCUT2D eigenvalue weighted by Gasteiger charge is -2.46. The predicted molar refractivity (Wildman–Crippen MR) is 50.0 cm³/mol. The van der Waals surface area contributed by atoms with Crippen LogP contribution in [0.5, 0.6) is 0 Å². The van der Waals surface area contributed by atoms with Crippen molar-refractivity contribution in [2.24, 2.45) is 17.3 Å². The van der Waals surface area contributed by atoms with Crippen LogP contribution in [0.4, 0.5) is 0 Å². The molecule has 0 aromatic rings. The van der Waals surface area contributed by atoms with Crippen molar-refractivity contribution in [3.05, 3.63) is 0 Å². The highest BCUT2D eigenvalue weighted by Gasteiger charge is 2.60. The first kappa shape index (κ1) is 8.55. The molecule has 0 spiro atoms. The van der Waals surface area contributed by atoms with Crippen molar-refractivity contribution in [1.29, 1.82) is 0 Å². The van der Waals surface area contributed by atoms with E-state index in [-0.39, 0.29) is 5.60 Å². The molecule has 2 aliphatic rings. The normalized spacial score (nSPS) is 50.0. The van der Waals surface area contributed by atoms with E-state index in [1.54, 1.807) is 0 Å². The smallest absolute Gasteiger partial charge is 0.0732 e. The molecule has 0 aromatic carbocycles. The predicted octanol–water partition coefficient (Wildman–Crippen LogP) is 2.85. The Bertz CT molecular complexity index is 197. The van der Waals surface area contributed by atoms with E-state index in [1.807, 2.05) is 7.11 Å². The maximum Gasteiger partial charge on any atom is 0.0732 e. The third-order valence-electron chi connectivity index (χ3n) is 4.94. The fraction of sp³-hybridized carbons (Fsp3) is 1.00. The van der Waals surface area contributed by atoms with E-state index in [4.69, 9.17) is 4.74 Å². The van der Waals surface area contributed by atoms with E-state index >= 15 is 0 Å². The van der Waals surface area contributed by atoms with Crippen LogP contribution in [-0.4, -0.2) is 12.7 Å². The van der Waals surface area contributed by atoms with E-state index in [9.17, 15) is 0 Å². The van der Waals surface area contributed by atoms with Crippen LogP contribution in [0.2, 0.25) is 0 Å². The van der Waals surface area contributed by atoms with E-state index < -0.39 is 0 Å². The molecule has 12 heavy (non-hydrogen) atoms. The third kappa shape index (κ3) is 0.736. The summed E-state index contributed by atoms with van der Waals surface area (Å²) in [6.07, 6.45) is 4.21. The molecule has 70 valence electrons. The standard InChI is InChI=1S/C11H20O/c1-10(2)8-5-6-9(7-8)11(10,3)12-4/h8-9H,5-7H2,1-4H3/t8-,9+,11-/m0/s1. The summed E-state index contributed by atoms with van der Waals surface area (Å²) in [6.45, 7) is 7.05. The second kappa shape index (κ2) is 2.25. The molecule has 1 heteroatoms. The van der Waals surface area contributed by atoms with Crippen molar-refractivity contribution in [2.75, 3.05) is 7.11 Å². The first-order valence-electron chi connectivity index (χ1n) is 5.07. The molecule has 0 saturated heterocycles. The van der Waals surface area contributed by atoms with Gasteiger partial charge in [0, 0.05) is 7.11 Å². The summed E-state index contributed by atoms with van der Waals surface area (Å²) >= 11 is 0. The van der Waals surface area contributed by atoms with E-state index in [1.165, 1.54) is 19.3 Å². The van der Waals surface area contributed by atoms with Crippen LogP contribution in [0.1, 0.15) is 40.0 Å². The Morgan fingerprint density at radius 1 is 1.08 bits per heavy atom. The Balaban J connectivity index is 2.34. The van der Waals surface area contributed by atoms with Gasteiger partial charge in [0.2, 0.25) is 0 Å². The van der Waals surface area contributed by atoms with Crippen molar-refractivity contribution in [1.82, 2.24) is 0 Å². The number of fused-ring (bicyclic) bond motifs is 2. The Hall–Kier alpha value is -0.0400. The Morgan fingerprint density at radius 2 is 1.67 bits per heavy atom. The van der Waals surface area contributed by atoms with E-state index in [0.29, 0.717) is 5.41 Å². The summed E-state index contributed by atoms with van der Waals surface area (Å²) in [7, 11) is 1.88. The van der Waals surface area contributed by atoms with Crippen LogP contribution in [0.25, 0.3) is 0 Å². The number of ether oxygens (including phenoxy) is 1. The Labute approximate surface area is 75.5 Å². The van der Waals surface area contributed by atoms with Gasteiger partial charge in [-0.2, -0.15) is 0 Å². The van der Waals surface area contributed by atoms with Crippen LogP contribution in [0, 0.1) is 17.3 Å². The zero-order chi connectivity index (χ0) is 8.98. The second-order valence-corrected chi connectivity index (χ2v) is 5.24. The van der Waals surface area contributed by atoms with Crippen molar-refractivity contribution in [2.45, 2.75) is 45.6 Å². The van der Waals surface area contributed by atoms with Crippen molar-refractivity contribution >= 4 is 0 Å².